The average Bonchev–Trinajstić information content (AvgIpc) is 3.26. The van der Waals surface area contributed by atoms with Gasteiger partial charge in [-0.2, -0.15) is 0 Å². The molecule has 44 heavy (non-hydrogen) atoms. The number of thiazole rings is 1. The van der Waals surface area contributed by atoms with Gasteiger partial charge in [-0.3, -0.25) is 9.36 Å². The van der Waals surface area contributed by atoms with E-state index in [1.165, 1.54) is 11.3 Å². The third kappa shape index (κ3) is 6.98. The summed E-state index contributed by atoms with van der Waals surface area (Å²) in [6.45, 7) is 7.87. The SMILES string of the molecule is CCOC(=O)C1=C(C)N=c2s/c(=C\c3cc(Br)cc(I)c3OCc3cccc(Cl)c3)c(=O)n2[C@H]1c1ccccc1OC(C)C. The zero-order valence-electron chi connectivity index (χ0n) is 24.4. The highest BCUT2D eigenvalue weighted by Crippen LogP contribution is 2.36. The van der Waals surface area contributed by atoms with Crippen molar-refractivity contribution in [3.8, 4) is 11.5 Å². The van der Waals surface area contributed by atoms with E-state index >= 15 is 0 Å². The number of allylic oxidation sites excluding steroid dienone is 1. The summed E-state index contributed by atoms with van der Waals surface area (Å²) in [5.41, 5.74) is 2.82. The van der Waals surface area contributed by atoms with Crippen LogP contribution in [0.2, 0.25) is 5.02 Å². The van der Waals surface area contributed by atoms with E-state index < -0.39 is 12.0 Å². The number of para-hydroxylation sites is 1. The molecule has 0 fully saturated rings. The number of hydrogen-bond acceptors (Lipinski definition) is 7. The first-order valence-corrected chi connectivity index (χ1v) is 17.0. The second kappa shape index (κ2) is 14.0. The average molecular weight is 808 g/mol. The van der Waals surface area contributed by atoms with Crippen LogP contribution in [0.3, 0.4) is 0 Å². The molecule has 1 aliphatic rings. The van der Waals surface area contributed by atoms with Gasteiger partial charge in [0.25, 0.3) is 5.56 Å². The van der Waals surface area contributed by atoms with Gasteiger partial charge in [-0.1, -0.05) is 69.2 Å². The van der Waals surface area contributed by atoms with Crippen LogP contribution in [-0.4, -0.2) is 23.2 Å². The predicted molar refractivity (Wildman–Crippen MR) is 185 cm³/mol. The molecule has 5 rings (SSSR count). The molecule has 7 nitrogen and oxygen atoms in total. The molecule has 0 saturated heterocycles. The zero-order chi connectivity index (χ0) is 31.5. The van der Waals surface area contributed by atoms with E-state index in [1.807, 2.05) is 74.5 Å². The predicted octanol–water partition coefficient (Wildman–Crippen LogP) is 7.19. The Bertz CT molecular complexity index is 1950. The molecule has 0 aliphatic carbocycles. The molecule has 0 N–H and O–H groups in total. The molecule has 0 unspecified atom stereocenters. The van der Waals surface area contributed by atoms with Gasteiger partial charge in [0.1, 0.15) is 24.1 Å². The lowest BCUT2D eigenvalue weighted by Crippen LogP contribution is -2.40. The fourth-order valence-electron chi connectivity index (χ4n) is 4.92. The third-order valence-corrected chi connectivity index (χ3v) is 9.17. The van der Waals surface area contributed by atoms with Crippen molar-refractivity contribution in [3.05, 3.63) is 121 Å². The molecule has 1 atom stereocenters. The van der Waals surface area contributed by atoms with Crippen LogP contribution in [-0.2, 0) is 16.1 Å². The lowest BCUT2D eigenvalue weighted by atomic mass is 9.95. The van der Waals surface area contributed by atoms with E-state index in [0.717, 1.165) is 19.2 Å². The molecular formula is C33H29BrClIN2O5S. The van der Waals surface area contributed by atoms with Crippen molar-refractivity contribution in [2.24, 2.45) is 4.99 Å². The molecule has 2 heterocycles. The summed E-state index contributed by atoms with van der Waals surface area (Å²) < 4.78 is 21.6. The van der Waals surface area contributed by atoms with Gasteiger partial charge in [0, 0.05) is 20.6 Å². The Hall–Kier alpha value is -2.93. The van der Waals surface area contributed by atoms with Gasteiger partial charge < -0.3 is 14.2 Å². The number of carbonyl (C=O) groups excluding carboxylic acids is 1. The number of benzene rings is 3. The second-order valence-corrected chi connectivity index (χ2v) is 13.8. The summed E-state index contributed by atoms with van der Waals surface area (Å²) in [5.74, 6) is 0.692. The van der Waals surface area contributed by atoms with Crippen molar-refractivity contribution in [2.45, 2.75) is 46.4 Å². The Labute approximate surface area is 286 Å². The molecule has 4 aromatic rings. The lowest BCUT2D eigenvalue weighted by molar-refractivity contribution is -0.139. The van der Waals surface area contributed by atoms with E-state index in [-0.39, 0.29) is 18.3 Å². The number of rotatable bonds is 9. The van der Waals surface area contributed by atoms with Crippen LogP contribution in [0, 0.1) is 3.57 Å². The number of esters is 1. The molecule has 0 bridgehead atoms. The van der Waals surface area contributed by atoms with E-state index in [0.29, 0.717) is 49.3 Å². The summed E-state index contributed by atoms with van der Waals surface area (Å²) in [6, 6.07) is 18.0. The molecule has 3 aromatic carbocycles. The third-order valence-electron chi connectivity index (χ3n) is 6.69. The zero-order valence-corrected chi connectivity index (χ0v) is 29.7. The van der Waals surface area contributed by atoms with Gasteiger partial charge in [-0.05, 0) is 92.3 Å². The molecule has 1 aliphatic heterocycles. The molecule has 1 aromatic heterocycles. The van der Waals surface area contributed by atoms with Gasteiger partial charge in [0.15, 0.2) is 4.80 Å². The van der Waals surface area contributed by atoms with Gasteiger partial charge in [-0.25, -0.2) is 9.79 Å². The van der Waals surface area contributed by atoms with Crippen molar-refractivity contribution in [1.29, 1.82) is 0 Å². The van der Waals surface area contributed by atoms with Gasteiger partial charge >= 0.3 is 5.97 Å². The van der Waals surface area contributed by atoms with Gasteiger partial charge in [0.05, 0.1) is 32.1 Å². The Morgan fingerprint density at radius 2 is 1.95 bits per heavy atom. The second-order valence-electron chi connectivity index (χ2n) is 10.2. The Morgan fingerprint density at radius 1 is 1.18 bits per heavy atom. The van der Waals surface area contributed by atoms with E-state index in [1.54, 1.807) is 24.5 Å². The van der Waals surface area contributed by atoms with Crippen molar-refractivity contribution in [3.63, 3.8) is 0 Å². The summed E-state index contributed by atoms with van der Waals surface area (Å²) >= 11 is 13.2. The maximum Gasteiger partial charge on any atom is 0.338 e. The maximum absolute atomic E-state index is 14.3. The van der Waals surface area contributed by atoms with Crippen molar-refractivity contribution >= 4 is 73.5 Å². The van der Waals surface area contributed by atoms with Gasteiger partial charge in [-0.15, -0.1) is 0 Å². The molecule has 0 saturated carbocycles. The van der Waals surface area contributed by atoms with Crippen molar-refractivity contribution in [1.82, 2.24) is 4.57 Å². The minimum absolute atomic E-state index is 0.118. The summed E-state index contributed by atoms with van der Waals surface area (Å²) in [4.78, 5) is 32.8. The fraction of sp³-hybridized carbons (Fsp3) is 0.242. The molecule has 0 radical (unpaired) electrons. The largest absolute Gasteiger partial charge is 0.491 e. The number of aromatic nitrogens is 1. The van der Waals surface area contributed by atoms with Gasteiger partial charge in [0.2, 0.25) is 0 Å². The summed E-state index contributed by atoms with van der Waals surface area (Å²) in [5, 5.41) is 0.630. The topological polar surface area (TPSA) is 79.1 Å². The first-order valence-electron chi connectivity index (χ1n) is 13.9. The molecule has 0 spiro atoms. The number of halogens is 3. The van der Waals surface area contributed by atoms with E-state index in [9.17, 15) is 9.59 Å². The van der Waals surface area contributed by atoms with Crippen molar-refractivity contribution in [2.75, 3.05) is 6.61 Å². The number of nitrogens with zero attached hydrogens (tertiary/aromatic N) is 2. The minimum Gasteiger partial charge on any atom is -0.491 e. The Morgan fingerprint density at radius 3 is 2.68 bits per heavy atom. The smallest absolute Gasteiger partial charge is 0.338 e. The normalized spacial score (nSPS) is 14.8. The first-order chi connectivity index (χ1) is 21.1. The Balaban J connectivity index is 1.68. The Kier molecular flexibility index (Phi) is 10.3. The minimum atomic E-state index is -0.788. The van der Waals surface area contributed by atoms with Crippen LogP contribution in [0.5, 0.6) is 11.5 Å². The van der Waals surface area contributed by atoms with Crippen LogP contribution in [0.4, 0.5) is 0 Å². The number of hydrogen-bond donors (Lipinski definition) is 0. The van der Waals surface area contributed by atoms with Crippen LogP contribution < -0.4 is 24.4 Å². The monoisotopic (exact) mass is 806 g/mol. The standard InChI is InChI=1S/C33H29BrClIN2O5S/c1-5-41-32(40)28-19(4)37-33-38(29(28)24-11-6-7-12-26(24)43-18(2)3)31(39)27(44-33)15-21-14-22(34)16-25(36)30(21)42-17-20-9-8-10-23(35)13-20/h6-16,18,29H,5,17H2,1-4H3/b27-15-/t29-/m0/s1. The van der Waals surface area contributed by atoms with Crippen LogP contribution in [0.1, 0.15) is 50.4 Å². The highest BCUT2D eigenvalue weighted by atomic mass is 127. The molecule has 0 amide bonds. The van der Waals surface area contributed by atoms with Crippen LogP contribution in [0.25, 0.3) is 6.08 Å². The molecule has 11 heteroatoms. The first kappa shape index (κ1) is 32.5. The highest BCUT2D eigenvalue weighted by molar-refractivity contribution is 14.1. The number of carbonyl (C=O) groups is 1. The van der Waals surface area contributed by atoms with Crippen LogP contribution in [0.15, 0.2) is 86.2 Å². The maximum atomic E-state index is 14.3. The number of ether oxygens (including phenoxy) is 3. The van der Waals surface area contributed by atoms with Crippen molar-refractivity contribution < 1.29 is 19.0 Å². The molecular weight excluding hydrogens is 779 g/mol. The summed E-state index contributed by atoms with van der Waals surface area (Å²) in [7, 11) is 0. The lowest BCUT2D eigenvalue weighted by Gasteiger charge is -2.26. The number of fused-ring (bicyclic) bond motifs is 1. The van der Waals surface area contributed by atoms with E-state index in [2.05, 4.69) is 38.5 Å². The quantitative estimate of drug-likeness (QED) is 0.132. The summed E-state index contributed by atoms with van der Waals surface area (Å²) in [6.07, 6.45) is 1.69. The highest BCUT2D eigenvalue weighted by Gasteiger charge is 2.35. The fourth-order valence-corrected chi connectivity index (χ4v) is 7.87. The van der Waals surface area contributed by atoms with E-state index in [4.69, 9.17) is 30.8 Å². The van der Waals surface area contributed by atoms with Crippen LogP contribution >= 0.6 is 61.5 Å². The molecule has 228 valence electrons.